The smallest absolute Gasteiger partial charge is 0.248 e. The van der Waals surface area contributed by atoms with Crippen molar-refractivity contribution < 1.29 is 18.6 Å². The predicted molar refractivity (Wildman–Crippen MR) is 49.5 cm³/mol. The number of ether oxygens (including phenoxy) is 1. The van der Waals surface area contributed by atoms with E-state index in [-0.39, 0.29) is 19.4 Å². The molecule has 0 saturated heterocycles. The lowest BCUT2D eigenvalue weighted by molar-refractivity contribution is -0.123. The second kappa shape index (κ2) is 4.53. The van der Waals surface area contributed by atoms with Crippen LogP contribution in [0.25, 0.3) is 0 Å². The molecule has 0 heterocycles. The number of aliphatic hydroxyl groups excluding tert-OH is 1. The summed E-state index contributed by atoms with van der Waals surface area (Å²) >= 11 is 0. The Hall–Kier alpha value is -0.220. The number of methoxy groups -OCH3 is 1. The average molecular weight is 208 g/mol. The first-order valence-corrected chi connectivity index (χ1v) is 5.07. The van der Waals surface area contributed by atoms with E-state index in [0.29, 0.717) is 25.7 Å². The molecule has 0 aromatic heterocycles. The number of hydrogen-bond acceptors (Lipinski definition) is 2. The van der Waals surface area contributed by atoms with Crippen molar-refractivity contribution in [2.24, 2.45) is 0 Å². The van der Waals surface area contributed by atoms with Gasteiger partial charge in [-0.05, 0) is 25.7 Å². The minimum absolute atomic E-state index is 0.0910. The number of hydrogen-bond donors (Lipinski definition) is 1. The van der Waals surface area contributed by atoms with Crippen LogP contribution < -0.4 is 0 Å². The van der Waals surface area contributed by atoms with Gasteiger partial charge in [-0.2, -0.15) is 0 Å². The van der Waals surface area contributed by atoms with Crippen LogP contribution in [0, 0.1) is 0 Å². The second-order valence-corrected chi connectivity index (χ2v) is 4.07. The average Bonchev–Trinajstić information content (AvgIpc) is 2.18. The van der Waals surface area contributed by atoms with Gasteiger partial charge < -0.3 is 9.84 Å². The lowest BCUT2D eigenvalue weighted by Crippen LogP contribution is -2.40. The molecule has 1 aliphatic rings. The first-order chi connectivity index (χ1) is 6.54. The molecule has 1 aliphatic carbocycles. The Labute approximate surface area is 83.3 Å². The van der Waals surface area contributed by atoms with Gasteiger partial charge in [-0.3, -0.25) is 0 Å². The van der Waals surface area contributed by atoms with E-state index >= 15 is 0 Å². The van der Waals surface area contributed by atoms with Gasteiger partial charge in [-0.25, -0.2) is 8.78 Å². The molecule has 0 spiro atoms. The molecule has 1 saturated carbocycles. The SMILES string of the molecule is COC1(CCCO)CCC(F)(F)CC1. The van der Waals surface area contributed by atoms with E-state index in [1.807, 2.05) is 0 Å². The van der Waals surface area contributed by atoms with Crippen molar-refractivity contribution in [3.8, 4) is 0 Å². The summed E-state index contributed by atoms with van der Waals surface area (Å²) in [6, 6.07) is 0. The van der Waals surface area contributed by atoms with Gasteiger partial charge in [0.15, 0.2) is 0 Å². The molecule has 0 aromatic rings. The van der Waals surface area contributed by atoms with E-state index in [9.17, 15) is 8.78 Å². The van der Waals surface area contributed by atoms with Crippen molar-refractivity contribution in [2.45, 2.75) is 50.0 Å². The second-order valence-electron chi connectivity index (χ2n) is 4.07. The van der Waals surface area contributed by atoms with Crippen molar-refractivity contribution in [1.29, 1.82) is 0 Å². The molecule has 0 aromatic carbocycles. The molecule has 0 radical (unpaired) electrons. The maximum atomic E-state index is 12.9. The van der Waals surface area contributed by atoms with Gasteiger partial charge in [-0.15, -0.1) is 0 Å². The molecule has 0 atom stereocenters. The summed E-state index contributed by atoms with van der Waals surface area (Å²) in [7, 11) is 1.57. The number of aliphatic hydroxyl groups is 1. The van der Waals surface area contributed by atoms with Crippen LogP contribution in [-0.2, 0) is 4.74 Å². The van der Waals surface area contributed by atoms with Gasteiger partial charge in [0, 0.05) is 26.6 Å². The quantitative estimate of drug-likeness (QED) is 0.768. The topological polar surface area (TPSA) is 29.5 Å². The summed E-state index contributed by atoms with van der Waals surface area (Å²) in [6.45, 7) is 0.0987. The summed E-state index contributed by atoms with van der Waals surface area (Å²) < 4.78 is 31.1. The highest BCUT2D eigenvalue weighted by molar-refractivity contribution is 4.89. The van der Waals surface area contributed by atoms with Crippen molar-refractivity contribution >= 4 is 0 Å². The molecule has 14 heavy (non-hydrogen) atoms. The molecular formula is C10H18F2O2. The van der Waals surface area contributed by atoms with Crippen LogP contribution in [0.2, 0.25) is 0 Å². The van der Waals surface area contributed by atoms with Crippen molar-refractivity contribution in [1.82, 2.24) is 0 Å². The fourth-order valence-electron chi connectivity index (χ4n) is 2.03. The van der Waals surface area contributed by atoms with Crippen molar-refractivity contribution in [2.75, 3.05) is 13.7 Å². The molecule has 2 nitrogen and oxygen atoms in total. The third-order valence-electron chi connectivity index (χ3n) is 3.12. The maximum Gasteiger partial charge on any atom is 0.248 e. The standard InChI is InChI=1S/C10H18F2O2/c1-14-9(3-2-8-13)4-6-10(11,12)7-5-9/h13H,2-8H2,1H3. The zero-order valence-electron chi connectivity index (χ0n) is 8.56. The number of alkyl halides is 2. The number of halogens is 2. The fourth-order valence-corrected chi connectivity index (χ4v) is 2.03. The maximum absolute atomic E-state index is 12.9. The predicted octanol–water partition coefficient (Wildman–Crippen LogP) is 2.35. The summed E-state index contributed by atoms with van der Waals surface area (Å²) in [5.74, 6) is -2.51. The highest BCUT2D eigenvalue weighted by atomic mass is 19.3. The lowest BCUT2D eigenvalue weighted by Gasteiger charge is -2.39. The van der Waals surface area contributed by atoms with E-state index in [1.54, 1.807) is 7.11 Å². The van der Waals surface area contributed by atoms with Crippen LogP contribution in [0.5, 0.6) is 0 Å². The van der Waals surface area contributed by atoms with E-state index in [2.05, 4.69) is 0 Å². The van der Waals surface area contributed by atoms with Crippen LogP contribution in [0.1, 0.15) is 38.5 Å². The summed E-state index contributed by atoms with van der Waals surface area (Å²) in [5.41, 5.74) is -0.412. The molecule has 4 heteroatoms. The van der Waals surface area contributed by atoms with Crippen LogP contribution in [-0.4, -0.2) is 30.3 Å². The largest absolute Gasteiger partial charge is 0.396 e. The van der Waals surface area contributed by atoms with Crippen LogP contribution in [0.4, 0.5) is 8.78 Å². The normalized spacial score (nSPS) is 24.9. The van der Waals surface area contributed by atoms with E-state index in [0.717, 1.165) is 0 Å². The van der Waals surface area contributed by atoms with Gasteiger partial charge in [0.1, 0.15) is 0 Å². The highest BCUT2D eigenvalue weighted by Gasteiger charge is 2.42. The Morgan fingerprint density at radius 1 is 1.21 bits per heavy atom. The Kier molecular flexibility index (Phi) is 3.84. The summed E-state index contributed by atoms with van der Waals surface area (Å²) in [4.78, 5) is 0. The first-order valence-electron chi connectivity index (χ1n) is 5.07. The molecule has 84 valence electrons. The van der Waals surface area contributed by atoms with Crippen LogP contribution in [0.3, 0.4) is 0 Å². The molecular weight excluding hydrogens is 190 g/mol. The fraction of sp³-hybridized carbons (Fsp3) is 1.00. The van der Waals surface area contributed by atoms with Crippen molar-refractivity contribution in [3.05, 3.63) is 0 Å². The Morgan fingerprint density at radius 3 is 2.21 bits per heavy atom. The monoisotopic (exact) mass is 208 g/mol. The molecule has 1 fully saturated rings. The summed E-state index contributed by atoms with van der Waals surface area (Å²) in [5, 5.41) is 8.71. The van der Waals surface area contributed by atoms with Gasteiger partial charge in [0.05, 0.1) is 5.60 Å². The molecule has 0 aliphatic heterocycles. The zero-order chi connectivity index (χ0) is 10.7. The van der Waals surface area contributed by atoms with Crippen LogP contribution in [0.15, 0.2) is 0 Å². The van der Waals surface area contributed by atoms with E-state index < -0.39 is 11.5 Å². The third kappa shape index (κ3) is 2.89. The van der Waals surface area contributed by atoms with Gasteiger partial charge in [-0.1, -0.05) is 0 Å². The third-order valence-corrected chi connectivity index (χ3v) is 3.12. The van der Waals surface area contributed by atoms with Gasteiger partial charge in [0.25, 0.3) is 0 Å². The summed E-state index contributed by atoms with van der Waals surface area (Å²) in [6.07, 6.45) is 1.92. The van der Waals surface area contributed by atoms with Gasteiger partial charge >= 0.3 is 0 Å². The minimum atomic E-state index is -2.51. The molecule has 0 amide bonds. The number of rotatable bonds is 4. The zero-order valence-corrected chi connectivity index (χ0v) is 8.56. The minimum Gasteiger partial charge on any atom is -0.396 e. The molecule has 0 bridgehead atoms. The van der Waals surface area contributed by atoms with E-state index in [4.69, 9.17) is 9.84 Å². The Bertz CT molecular complexity index is 173. The molecule has 0 unspecified atom stereocenters. The molecule has 1 rings (SSSR count). The van der Waals surface area contributed by atoms with Crippen LogP contribution >= 0.6 is 0 Å². The van der Waals surface area contributed by atoms with Gasteiger partial charge in [0.2, 0.25) is 5.92 Å². The van der Waals surface area contributed by atoms with Crippen molar-refractivity contribution in [3.63, 3.8) is 0 Å². The highest BCUT2D eigenvalue weighted by Crippen LogP contribution is 2.42. The van der Waals surface area contributed by atoms with E-state index in [1.165, 1.54) is 0 Å². The Morgan fingerprint density at radius 2 is 1.79 bits per heavy atom. The first kappa shape index (κ1) is 11.9. The lowest BCUT2D eigenvalue weighted by atomic mass is 9.80. The molecule has 1 N–H and O–H groups in total. The Balaban J connectivity index is 2.48.